The van der Waals surface area contributed by atoms with Crippen LogP contribution < -0.4 is 10.1 Å². The minimum Gasteiger partial charge on any atom is -0.310 e. The lowest BCUT2D eigenvalue weighted by Gasteiger charge is -2.28. The van der Waals surface area contributed by atoms with Crippen molar-refractivity contribution in [3.05, 3.63) is 132 Å². The van der Waals surface area contributed by atoms with Gasteiger partial charge in [-0.2, -0.15) is 0 Å². The number of rotatable bonds is 5. The van der Waals surface area contributed by atoms with Gasteiger partial charge in [-0.25, -0.2) is 9.68 Å². The van der Waals surface area contributed by atoms with Gasteiger partial charge in [-0.15, -0.1) is 5.23 Å². The maximum absolute atomic E-state index is 6.18. The van der Waals surface area contributed by atoms with Gasteiger partial charge in [0, 0.05) is 22.5 Å². The zero-order chi connectivity index (χ0) is 30.0. The van der Waals surface area contributed by atoms with Crippen LogP contribution in [-0.4, -0.2) is 11.2 Å². The summed E-state index contributed by atoms with van der Waals surface area (Å²) in [5.41, 5.74) is 10.9. The first-order valence-corrected chi connectivity index (χ1v) is 15.0. The van der Waals surface area contributed by atoms with E-state index in [2.05, 4.69) is 168 Å². The molecule has 0 spiro atoms. The van der Waals surface area contributed by atoms with Gasteiger partial charge in [0.1, 0.15) is 11.2 Å². The van der Waals surface area contributed by atoms with Crippen LogP contribution in [0.3, 0.4) is 0 Å². The summed E-state index contributed by atoms with van der Waals surface area (Å²) in [4.78, 5) is 14.7. The van der Waals surface area contributed by atoms with Crippen molar-refractivity contribution < 1.29 is 9.68 Å². The Bertz CT molecular complexity index is 1770. The fourth-order valence-corrected chi connectivity index (χ4v) is 6.19. The average molecular weight is 567 g/mol. The Morgan fingerprint density at radius 2 is 1.00 bits per heavy atom. The lowest BCUT2D eigenvalue weighted by atomic mass is 9.82. The molecule has 1 aliphatic carbocycles. The van der Waals surface area contributed by atoms with Crippen molar-refractivity contribution in [3.8, 4) is 22.3 Å². The molecule has 0 amide bonds. The molecule has 1 aliphatic heterocycles. The molecule has 0 bridgehead atoms. The number of hydrogen-bond acceptors (Lipinski definition) is 4. The molecular weight excluding hydrogens is 528 g/mol. The summed E-state index contributed by atoms with van der Waals surface area (Å²) in [6, 6.07) is 43.4. The van der Waals surface area contributed by atoms with Crippen LogP contribution in [0.1, 0.15) is 52.7 Å². The Labute approximate surface area is 255 Å². The van der Waals surface area contributed by atoms with E-state index < -0.39 is 11.2 Å². The van der Waals surface area contributed by atoms with Crippen LogP contribution in [0.25, 0.3) is 22.3 Å². The second-order valence-electron chi connectivity index (χ2n) is 13.1. The van der Waals surface area contributed by atoms with E-state index in [1.165, 1.54) is 33.4 Å². The lowest BCUT2D eigenvalue weighted by molar-refractivity contribution is -0.0272. The highest BCUT2D eigenvalue weighted by molar-refractivity contribution is 5.86. The van der Waals surface area contributed by atoms with E-state index in [1.54, 1.807) is 5.23 Å². The van der Waals surface area contributed by atoms with Gasteiger partial charge in [-0.05, 0) is 110 Å². The molecule has 1 heterocycles. The smallest absolute Gasteiger partial charge is 0.124 e. The molecule has 0 aromatic heterocycles. The maximum atomic E-state index is 6.18. The highest BCUT2D eigenvalue weighted by Gasteiger charge is 2.50. The summed E-state index contributed by atoms with van der Waals surface area (Å²) in [6.07, 6.45) is 0. The summed E-state index contributed by atoms with van der Waals surface area (Å²) in [7, 11) is 0. The molecule has 1 fully saturated rings. The highest BCUT2D eigenvalue weighted by atomic mass is 17.0. The third kappa shape index (κ3) is 4.53. The Hall–Kier alpha value is -4.38. The summed E-state index contributed by atoms with van der Waals surface area (Å²) in [5.74, 6) is 0. The standard InChI is InChI=1S/C39H38N2O2/c1-37(2)35-15-11-10-14-33(35)34-25-24-32(26-36(34)37)40(29-18-16-28(17-19-29)27-12-8-7-9-13-27)30-20-22-31(23-21-30)41-42-38(3,4)39(5,6)43-41/h7-26H,1-6H3. The van der Waals surface area contributed by atoms with Crippen molar-refractivity contribution in [1.29, 1.82) is 0 Å². The van der Waals surface area contributed by atoms with Crippen LogP contribution >= 0.6 is 0 Å². The van der Waals surface area contributed by atoms with Gasteiger partial charge in [0.15, 0.2) is 0 Å². The molecule has 0 unspecified atom stereocenters. The molecule has 43 heavy (non-hydrogen) atoms. The van der Waals surface area contributed by atoms with Crippen LogP contribution in [0.5, 0.6) is 0 Å². The van der Waals surface area contributed by atoms with Gasteiger partial charge in [0.25, 0.3) is 0 Å². The second-order valence-corrected chi connectivity index (χ2v) is 13.1. The average Bonchev–Trinajstić information content (AvgIpc) is 3.38. The number of anilines is 4. The zero-order valence-corrected chi connectivity index (χ0v) is 25.8. The van der Waals surface area contributed by atoms with Crippen LogP contribution in [-0.2, 0) is 15.1 Å². The molecule has 0 N–H and O–H groups in total. The van der Waals surface area contributed by atoms with Gasteiger partial charge >= 0.3 is 0 Å². The Morgan fingerprint density at radius 3 is 1.65 bits per heavy atom. The van der Waals surface area contributed by atoms with Crippen molar-refractivity contribution in [1.82, 2.24) is 0 Å². The second kappa shape index (κ2) is 9.84. The molecular formula is C39H38N2O2. The Balaban J connectivity index is 1.30. The lowest BCUT2D eigenvalue weighted by Crippen LogP contribution is -2.41. The SMILES string of the molecule is CC1(C)c2ccccc2-c2ccc(N(c3ccc(-c4ccccc4)cc3)c3ccc(N4OC(C)(C)C(C)(C)O4)cc3)cc21. The van der Waals surface area contributed by atoms with Gasteiger partial charge in [-0.1, -0.05) is 86.6 Å². The van der Waals surface area contributed by atoms with Crippen LogP contribution in [0.15, 0.2) is 121 Å². The Morgan fingerprint density at radius 1 is 0.488 bits per heavy atom. The first kappa shape index (κ1) is 27.5. The van der Waals surface area contributed by atoms with Gasteiger partial charge < -0.3 is 4.90 Å². The predicted octanol–water partition coefficient (Wildman–Crippen LogP) is 10.4. The maximum Gasteiger partial charge on any atom is 0.124 e. The van der Waals surface area contributed by atoms with E-state index in [9.17, 15) is 0 Å². The molecule has 4 nitrogen and oxygen atoms in total. The van der Waals surface area contributed by atoms with E-state index in [0.29, 0.717) is 0 Å². The van der Waals surface area contributed by atoms with E-state index in [1.807, 2.05) is 0 Å². The molecule has 0 saturated carbocycles. The summed E-state index contributed by atoms with van der Waals surface area (Å²) < 4.78 is 0. The minimum absolute atomic E-state index is 0.0847. The number of nitrogens with zero attached hydrogens (tertiary/aromatic N) is 2. The van der Waals surface area contributed by atoms with Crippen molar-refractivity contribution in [3.63, 3.8) is 0 Å². The predicted molar refractivity (Wildman–Crippen MR) is 177 cm³/mol. The van der Waals surface area contributed by atoms with E-state index in [0.717, 1.165) is 22.7 Å². The third-order valence-corrected chi connectivity index (χ3v) is 9.45. The highest BCUT2D eigenvalue weighted by Crippen LogP contribution is 2.50. The first-order valence-electron chi connectivity index (χ1n) is 15.0. The number of fused-ring (bicyclic) bond motifs is 3. The summed E-state index contributed by atoms with van der Waals surface area (Å²) in [6.45, 7) is 12.9. The molecule has 216 valence electrons. The van der Waals surface area contributed by atoms with Crippen molar-refractivity contribution in [2.24, 2.45) is 0 Å². The third-order valence-electron chi connectivity index (χ3n) is 9.45. The fraction of sp³-hybridized carbons (Fsp3) is 0.231. The van der Waals surface area contributed by atoms with Gasteiger partial charge in [0.2, 0.25) is 0 Å². The molecule has 4 heteroatoms. The Kier molecular flexibility index (Phi) is 6.28. The van der Waals surface area contributed by atoms with Gasteiger partial charge in [0.05, 0.1) is 5.69 Å². The number of hydrogen-bond donors (Lipinski definition) is 0. The van der Waals surface area contributed by atoms with Crippen LogP contribution in [0, 0.1) is 0 Å². The monoisotopic (exact) mass is 566 g/mol. The van der Waals surface area contributed by atoms with Crippen molar-refractivity contribution in [2.45, 2.75) is 58.2 Å². The number of benzene rings is 5. The molecule has 7 rings (SSSR count). The largest absolute Gasteiger partial charge is 0.310 e. The fourth-order valence-electron chi connectivity index (χ4n) is 6.19. The van der Waals surface area contributed by atoms with E-state index in [4.69, 9.17) is 9.68 Å². The molecule has 1 saturated heterocycles. The van der Waals surface area contributed by atoms with E-state index >= 15 is 0 Å². The van der Waals surface area contributed by atoms with Crippen LogP contribution in [0.4, 0.5) is 22.7 Å². The molecule has 5 aromatic carbocycles. The van der Waals surface area contributed by atoms with Crippen LogP contribution in [0.2, 0.25) is 0 Å². The summed E-state index contributed by atoms with van der Waals surface area (Å²) >= 11 is 0. The molecule has 0 radical (unpaired) electrons. The molecule has 5 aromatic rings. The molecule has 0 atom stereocenters. The minimum atomic E-state index is -0.451. The first-order chi connectivity index (χ1) is 20.5. The van der Waals surface area contributed by atoms with Gasteiger partial charge in [-0.3, -0.25) is 0 Å². The zero-order valence-electron chi connectivity index (χ0n) is 25.8. The van der Waals surface area contributed by atoms with Crippen molar-refractivity contribution in [2.75, 3.05) is 10.1 Å². The van der Waals surface area contributed by atoms with E-state index in [-0.39, 0.29) is 5.41 Å². The topological polar surface area (TPSA) is 24.9 Å². The molecule has 2 aliphatic rings. The quantitative estimate of drug-likeness (QED) is 0.211. The normalized spacial score (nSPS) is 17.4. The summed E-state index contributed by atoms with van der Waals surface area (Å²) in [5, 5.41) is 1.55. The van der Waals surface area contributed by atoms with Crippen molar-refractivity contribution >= 4 is 22.7 Å².